The molecule has 2 aromatic heterocycles. The van der Waals surface area contributed by atoms with E-state index in [4.69, 9.17) is 0 Å². The number of ketones is 1. The van der Waals surface area contributed by atoms with Crippen LogP contribution >= 0.6 is 15.9 Å². The fraction of sp³-hybridized carbons (Fsp3) is 0.333. The molecule has 1 fully saturated rings. The van der Waals surface area contributed by atoms with Gasteiger partial charge in [0.2, 0.25) is 5.82 Å². The van der Waals surface area contributed by atoms with Gasteiger partial charge in [-0.1, -0.05) is 15.9 Å². The van der Waals surface area contributed by atoms with Crippen LogP contribution in [0.2, 0.25) is 0 Å². The Kier molecular flexibility index (Phi) is 4.03. The molecule has 2 heterocycles. The number of aromatic nitrogens is 5. The lowest BCUT2D eigenvalue weighted by Crippen LogP contribution is -2.14. The third kappa shape index (κ3) is 3.16. The number of Topliss-reactive ketones (excluding diaryl/α,β-unsaturated/α-hetero) is 1. The zero-order valence-electron chi connectivity index (χ0n) is 14.1. The second-order valence-electron chi connectivity index (χ2n) is 6.46. The number of tetrazole rings is 1. The molecule has 0 saturated heterocycles. The van der Waals surface area contributed by atoms with Crippen LogP contribution in [0.3, 0.4) is 0 Å². The summed E-state index contributed by atoms with van der Waals surface area (Å²) in [6.07, 6.45) is 2.40. The minimum Gasteiger partial charge on any atom is -0.345 e. The Morgan fingerprint density at radius 2 is 1.96 bits per heavy atom. The molecule has 1 saturated carbocycles. The third-order valence-electron chi connectivity index (χ3n) is 4.54. The molecule has 4 rings (SSSR count). The SMILES string of the molecule is Cc1cc(C(=O)Cn2nnc(-c3ccc(Br)cc3)n2)c(C)n1C1CC1. The predicted molar refractivity (Wildman–Crippen MR) is 97.5 cm³/mol. The van der Waals surface area contributed by atoms with Gasteiger partial charge in [0.25, 0.3) is 0 Å². The summed E-state index contributed by atoms with van der Waals surface area (Å²) in [5.74, 6) is 0.531. The number of carbonyl (C=O) groups is 1. The fourth-order valence-corrected chi connectivity index (χ4v) is 3.46. The van der Waals surface area contributed by atoms with Crippen molar-refractivity contribution in [2.45, 2.75) is 39.3 Å². The normalized spacial score (nSPS) is 14.0. The molecule has 128 valence electrons. The first kappa shape index (κ1) is 16.2. The van der Waals surface area contributed by atoms with Gasteiger partial charge in [-0.3, -0.25) is 4.79 Å². The van der Waals surface area contributed by atoms with E-state index in [1.165, 1.54) is 17.6 Å². The first-order valence-electron chi connectivity index (χ1n) is 8.28. The van der Waals surface area contributed by atoms with Gasteiger partial charge in [-0.25, -0.2) is 0 Å². The molecule has 0 aliphatic heterocycles. The summed E-state index contributed by atoms with van der Waals surface area (Å²) in [4.78, 5) is 14.0. The van der Waals surface area contributed by atoms with Crippen molar-refractivity contribution in [3.8, 4) is 11.4 Å². The monoisotopic (exact) mass is 399 g/mol. The Morgan fingerprint density at radius 1 is 1.24 bits per heavy atom. The van der Waals surface area contributed by atoms with Gasteiger partial charge in [0.05, 0.1) is 0 Å². The van der Waals surface area contributed by atoms with Crippen LogP contribution in [0.4, 0.5) is 0 Å². The van der Waals surface area contributed by atoms with Crippen molar-refractivity contribution in [3.63, 3.8) is 0 Å². The number of hydrogen-bond donors (Lipinski definition) is 0. The van der Waals surface area contributed by atoms with Gasteiger partial charge in [-0.05, 0) is 62.2 Å². The lowest BCUT2D eigenvalue weighted by atomic mass is 10.1. The van der Waals surface area contributed by atoms with Crippen LogP contribution in [0.5, 0.6) is 0 Å². The van der Waals surface area contributed by atoms with E-state index in [1.54, 1.807) is 0 Å². The first-order valence-corrected chi connectivity index (χ1v) is 9.07. The summed E-state index contributed by atoms with van der Waals surface area (Å²) in [5.41, 5.74) is 3.81. The van der Waals surface area contributed by atoms with E-state index in [0.717, 1.165) is 27.0 Å². The number of rotatable bonds is 5. The maximum atomic E-state index is 12.7. The average Bonchev–Trinajstić information content (AvgIpc) is 3.23. The van der Waals surface area contributed by atoms with Gasteiger partial charge in [0.1, 0.15) is 6.54 Å². The van der Waals surface area contributed by atoms with Crippen LogP contribution in [0.15, 0.2) is 34.8 Å². The number of nitrogens with zero attached hydrogens (tertiary/aromatic N) is 5. The number of carbonyl (C=O) groups excluding carboxylic acids is 1. The summed E-state index contributed by atoms with van der Waals surface area (Å²) in [6, 6.07) is 10.2. The maximum Gasteiger partial charge on any atom is 0.204 e. The predicted octanol–water partition coefficient (Wildman–Crippen LogP) is 3.74. The Hall–Kier alpha value is -2.28. The van der Waals surface area contributed by atoms with Gasteiger partial charge in [-0.15, -0.1) is 10.2 Å². The van der Waals surface area contributed by atoms with Crippen LogP contribution in [0.25, 0.3) is 11.4 Å². The first-order chi connectivity index (χ1) is 12.0. The highest BCUT2D eigenvalue weighted by molar-refractivity contribution is 9.10. The van der Waals surface area contributed by atoms with E-state index in [1.807, 2.05) is 37.3 Å². The summed E-state index contributed by atoms with van der Waals surface area (Å²) >= 11 is 3.40. The lowest BCUT2D eigenvalue weighted by molar-refractivity contribution is 0.0960. The smallest absolute Gasteiger partial charge is 0.204 e. The lowest BCUT2D eigenvalue weighted by Gasteiger charge is -2.07. The molecular formula is C18H18BrN5O. The zero-order valence-corrected chi connectivity index (χ0v) is 15.7. The minimum absolute atomic E-state index is 0.0137. The maximum absolute atomic E-state index is 12.7. The second kappa shape index (κ2) is 6.22. The van der Waals surface area contributed by atoms with E-state index < -0.39 is 0 Å². The van der Waals surface area contributed by atoms with Crippen LogP contribution < -0.4 is 0 Å². The van der Waals surface area contributed by atoms with Crippen LogP contribution in [-0.2, 0) is 6.54 Å². The third-order valence-corrected chi connectivity index (χ3v) is 5.07. The van der Waals surface area contributed by atoms with E-state index in [9.17, 15) is 4.79 Å². The number of aryl methyl sites for hydroxylation is 1. The Balaban J connectivity index is 1.54. The van der Waals surface area contributed by atoms with E-state index in [0.29, 0.717) is 11.9 Å². The molecule has 1 aromatic carbocycles. The molecule has 0 unspecified atom stereocenters. The van der Waals surface area contributed by atoms with E-state index in [-0.39, 0.29) is 12.3 Å². The molecule has 25 heavy (non-hydrogen) atoms. The minimum atomic E-state index is 0.0137. The topological polar surface area (TPSA) is 65.6 Å². The average molecular weight is 400 g/mol. The van der Waals surface area contributed by atoms with E-state index >= 15 is 0 Å². The highest BCUT2D eigenvalue weighted by Crippen LogP contribution is 2.38. The molecule has 1 aliphatic rings. The molecule has 3 aromatic rings. The molecule has 0 spiro atoms. The Morgan fingerprint density at radius 3 is 2.64 bits per heavy atom. The second-order valence-corrected chi connectivity index (χ2v) is 7.38. The molecule has 0 amide bonds. The molecule has 0 radical (unpaired) electrons. The highest BCUT2D eigenvalue weighted by atomic mass is 79.9. The van der Waals surface area contributed by atoms with Crippen molar-refractivity contribution in [1.29, 1.82) is 0 Å². The Labute approximate surface area is 154 Å². The van der Waals surface area contributed by atoms with Crippen molar-refractivity contribution in [2.75, 3.05) is 0 Å². The van der Waals surface area contributed by atoms with Gasteiger partial charge < -0.3 is 4.57 Å². The quantitative estimate of drug-likeness (QED) is 0.612. The molecule has 7 heteroatoms. The number of benzene rings is 1. The van der Waals surface area contributed by atoms with Crippen LogP contribution in [0, 0.1) is 13.8 Å². The highest BCUT2D eigenvalue weighted by Gasteiger charge is 2.28. The van der Waals surface area contributed by atoms with Crippen LogP contribution in [-0.4, -0.2) is 30.6 Å². The van der Waals surface area contributed by atoms with Crippen molar-refractivity contribution in [1.82, 2.24) is 24.8 Å². The van der Waals surface area contributed by atoms with Crippen molar-refractivity contribution in [2.24, 2.45) is 0 Å². The largest absolute Gasteiger partial charge is 0.345 e. The standard InChI is InChI=1S/C18H18BrN5O/c1-11-9-16(12(2)24(11)15-7-8-15)17(25)10-23-21-18(20-22-23)13-3-5-14(19)6-4-13/h3-6,9,15H,7-8,10H2,1-2H3. The zero-order chi connectivity index (χ0) is 17.6. The molecule has 0 bridgehead atoms. The summed E-state index contributed by atoms with van der Waals surface area (Å²) in [6.45, 7) is 4.17. The Bertz CT molecular complexity index is 937. The van der Waals surface area contributed by atoms with E-state index in [2.05, 4.69) is 42.8 Å². The molecule has 6 nitrogen and oxygen atoms in total. The summed E-state index contributed by atoms with van der Waals surface area (Å²) in [7, 11) is 0. The molecular weight excluding hydrogens is 382 g/mol. The van der Waals surface area contributed by atoms with Crippen molar-refractivity contribution in [3.05, 3.63) is 51.8 Å². The van der Waals surface area contributed by atoms with Gasteiger partial charge in [-0.2, -0.15) is 4.80 Å². The van der Waals surface area contributed by atoms with Crippen LogP contribution in [0.1, 0.15) is 40.6 Å². The number of halogens is 1. The number of hydrogen-bond acceptors (Lipinski definition) is 4. The van der Waals surface area contributed by atoms with Crippen molar-refractivity contribution < 1.29 is 4.79 Å². The molecule has 0 N–H and O–H groups in total. The summed E-state index contributed by atoms with van der Waals surface area (Å²) in [5, 5.41) is 12.4. The summed E-state index contributed by atoms with van der Waals surface area (Å²) < 4.78 is 3.26. The van der Waals surface area contributed by atoms with Crippen molar-refractivity contribution >= 4 is 21.7 Å². The molecule has 1 aliphatic carbocycles. The van der Waals surface area contributed by atoms with Gasteiger partial charge in [0.15, 0.2) is 5.78 Å². The molecule has 0 atom stereocenters. The fourth-order valence-electron chi connectivity index (χ4n) is 3.19. The van der Waals surface area contributed by atoms with Gasteiger partial charge in [0, 0.05) is 33.0 Å². The van der Waals surface area contributed by atoms with Gasteiger partial charge >= 0.3 is 0 Å².